The molecule has 1 aromatic carbocycles. The molecule has 0 saturated carbocycles. The van der Waals surface area contributed by atoms with E-state index in [-0.39, 0.29) is 5.91 Å². The molecule has 2 aromatic rings. The van der Waals surface area contributed by atoms with Gasteiger partial charge in [-0.05, 0) is 44.5 Å². The summed E-state index contributed by atoms with van der Waals surface area (Å²) in [4.78, 5) is 13.9. The molecule has 21 heavy (non-hydrogen) atoms. The maximum Gasteiger partial charge on any atom is 0.253 e. The number of benzene rings is 1. The number of hydrogen-bond donors (Lipinski definition) is 0. The molecule has 0 aliphatic carbocycles. The molecule has 1 fully saturated rings. The largest absolute Gasteiger partial charge is 0.489 e. The van der Waals surface area contributed by atoms with Gasteiger partial charge in [-0.3, -0.25) is 4.79 Å². The molecule has 1 amide bonds. The zero-order valence-corrected chi connectivity index (χ0v) is 12.3. The van der Waals surface area contributed by atoms with E-state index in [1.54, 1.807) is 0 Å². The van der Waals surface area contributed by atoms with Crippen LogP contribution in [0.4, 0.5) is 0 Å². The van der Waals surface area contributed by atoms with Crippen molar-refractivity contribution in [3.63, 3.8) is 0 Å². The van der Waals surface area contributed by atoms with Crippen molar-refractivity contribution in [3.05, 3.63) is 46.8 Å². The van der Waals surface area contributed by atoms with Crippen LogP contribution < -0.4 is 4.74 Å². The Morgan fingerprint density at radius 3 is 2.52 bits per heavy atom. The van der Waals surface area contributed by atoms with E-state index < -0.39 is 0 Å². The SMILES string of the molecule is Cc1noc(C)c1COc1ccc(C(=O)N2CCC2)cc1. The summed E-state index contributed by atoms with van der Waals surface area (Å²) in [6, 6.07) is 7.27. The minimum Gasteiger partial charge on any atom is -0.489 e. The van der Waals surface area contributed by atoms with E-state index in [0.717, 1.165) is 42.3 Å². The van der Waals surface area contributed by atoms with Crippen molar-refractivity contribution in [2.45, 2.75) is 26.9 Å². The number of ether oxygens (including phenoxy) is 1. The molecule has 0 radical (unpaired) electrons. The maximum atomic E-state index is 12.0. The molecule has 1 saturated heterocycles. The van der Waals surface area contributed by atoms with Gasteiger partial charge in [-0.1, -0.05) is 5.16 Å². The van der Waals surface area contributed by atoms with Gasteiger partial charge in [0.1, 0.15) is 18.1 Å². The first-order valence-electron chi connectivity index (χ1n) is 7.09. The van der Waals surface area contributed by atoms with E-state index in [4.69, 9.17) is 9.26 Å². The first-order valence-corrected chi connectivity index (χ1v) is 7.09. The van der Waals surface area contributed by atoms with Crippen LogP contribution in [-0.2, 0) is 6.61 Å². The average molecular weight is 286 g/mol. The summed E-state index contributed by atoms with van der Waals surface area (Å²) < 4.78 is 10.8. The second-order valence-electron chi connectivity index (χ2n) is 5.26. The summed E-state index contributed by atoms with van der Waals surface area (Å²) in [5.41, 5.74) is 2.52. The lowest BCUT2D eigenvalue weighted by atomic mass is 10.1. The molecular formula is C16H18N2O3. The molecule has 1 aliphatic heterocycles. The van der Waals surface area contributed by atoms with E-state index >= 15 is 0 Å². The third kappa shape index (κ3) is 2.77. The average Bonchev–Trinajstić information content (AvgIpc) is 2.74. The maximum absolute atomic E-state index is 12.0. The zero-order valence-electron chi connectivity index (χ0n) is 12.3. The van der Waals surface area contributed by atoms with E-state index in [0.29, 0.717) is 12.2 Å². The molecule has 110 valence electrons. The Bertz CT molecular complexity index is 623. The quantitative estimate of drug-likeness (QED) is 0.867. The Morgan fingerprint density at radius 2 is 2.00 bits per heavy atom. The molecular weight excluding hydrogens is 268 g/mol. The summed E-state index contributed by atoms with van der Waals surface area (Å²) in [7, 11) is 0. The number of amides is 1. The summed E-state index contributed by atoms with van der Waals surface area (Å²) in [5, 5.41) is 3.90. The van der Waals surface area contributed by atoms with Crippen LogP contribution in [0, 0.1) is 13.8 Å². The van der Waals surface area contributed by atoms with Gasteiger partial charge in [-0.2, -0.15) is 0 Å². The topological polar surface area (TPSA) is 55.6 Å². The summed E-state index contributed by atoms with van der Waals surface area (Å²) in [6.45, 7) is 5.91. The first kappa shape index (κ1) is 13.7. The van der Waals surface area contributed by atoms with E-state index in [1.165, 1.54) is 0 Å². The Hall–Kier alpha value is -2.30. The van der Waals surface area contributed by atoms with Crippen molar-refractivity contribution in [2.75, 3.05) is 13.1 Å². The lowest BCUT2D eigenvalue weighted by Crippen LogP contribution is -2.41. The van der Waals surface area contributed by atoms with Crippen LogP contribution in [0.1, 0.15) is 33.8 Å². The van der Waals surface area contributed by atoms with E-state index in [9.17, 15) is 4.79 Å². The number of carbonyl (C=O) groups excluding carboxylic acids is 1. The highest BCUT2D eigenvalue weighted by Gasteiger charge is 2.21. The van der Waals surface area contributed by atoms with Crippen LogP contribution in [0.5, 0.6) is 5.75 Å². The summed E-state index contributed by atoms with van der Waals surface area (Å²) in [5.74, 6) is 1.60. The van der Waals surface area contributed by atoms with Gasteiger partial charge in [0.05, 0.1) is 11.3 Å². The van der Waals surface area contributed by atoms with Gasteiger partial charge in [0, 0.05) is 18.7 Å². The Morgan fingerprint density at radius 1 is 1.29 bits per heavy atom. The van der Waals surface area contributed by atoms with E-state index in [2.05, 4.69) is 5.16 Å². The van der Waals surface area contributed by atoms with Gasteiger partial charge >= 0.3 is 0 Å². The Kier molecular flexibility index (Phi) is 3.64. The number of likely N-dealkylation sites (tertiary alicyclic amines) is 1. The van der Waals surface area contributed by atoms with Crippen molar-refractivity contribution in [3.8, 4) is 5.75 Å². The van der Waals surface area contributed by atoms with Crippen LogP contribution in [0.2, 0.25) is 0 Å². The van der Waals surface area contributed by atoms with Crippen LogP contribution in [0.15, 0.2) is 28.8 Å². The highest BCUT2D eigenvalue weighted by molar-refractivity contribution is 5.94. The molecule has 5 nitrogen and oxygen atoms in total. The fraction of sp³-hybridized carbons (Fsp3) is 0.375. The molecule has 5 heteroatoms. The monoisotopic (exact) mass is 286 g/mol. The number of hydrogen-bond acceptors (Lipinski definition) is 4. The van der Waals surface area contributed by atoms with Gasteiger partial charge in [0.25, 0.3) is 5.91 Å². The highest BCUT2D eigenvalue weighted by Crippen LogP contribution is 2.19. The number of rotatable bonds is 4. The molecule has 2 heterocycles. The molecule has 1 aliphatic rings. The Labute approximate surface area is 123 Å². The van der Waals surface area contributed by atoms with Gasteiger partial charge in [0.15, 0.2) is 0 Å². The number of aromatic nitrogens is 1. The minimum absolute atomic E-state index is 0.0959. The second kappa shape index (κ2) is 5.60. The standard InChI is InChI=1S/C16H18N2O3/c1-11-15(12(2)21-17-11)10-20-14-6-4-13(5-7-14)16(19)18-8-3-9-18/h4-7H,3,8-10H2,1-2H3. The molecule has 0 N–H and O–H groups in total. The molecule has 1 aromatic heterocycles. The molecule has 0 bridgehead atoms. The lowest BCUT2D eigenvalue weighted by molar-refractivity contribution is 0.0652. The van der Waals surface area contributed by atoms with E-state index in [1.807, 2.05) is 43.0 Å². The predicted octanol–water partition coefficient (Wildman–Crippen LogP) is 2.72. The fourth-order valence-electron chi connectivity index (χ4n) is 2.26. The molecule has 0 atom stereocenters. The number of aryl methyl sites for hydroxylation is 2. The van der Waals surface area contributed by atoms with Gasteiger partial charge < -0.3 is 14.2 Å². The van der Waals surface area contributed by atoms with Gasteiger partial charge in [-0.25, -0.2) is 0 Å². The predicted molar refractivity (Wildman–Crippen MR) is 77.3 cm³/mol. The van der Waals surface area contributed by atoms with Crippen LogP contribution in [-0.4, -0.2) is 29.1 Å². The first-order chi connectivity index (χ1) is 10.1. The highest BCUT2D eigenvalue weighted by atomic mass is 16.5. The van der Waals surface area contributed by atoms with Gasteiger partial charge in [-0.15, -0.1) is 0 Å². The van der Waals surface area contributed by atoms with Crippen molar-refractivity contribution in [1.82, 2.24) is 10.1 Å². The molecule has 0 unspecified atom stereocenters. The van der Waals surface area contributed by atoms with Gasteiger partial charge in [0.2, 0.25) is 0 Å². The molecule has 3 rings (SSSR count). The summed E-state index contributed by atoms with van der Waals surface area (Å²) >= 11 is 0. The van der Waals surface area contributed by atoms with Crippen molar-refractivity contribution >= 4 is 5.91 Å². The smallest absolute Gasteiger partial charge is 0.253 e. The third-order valence-corrected chi connectivity index (χ3v) is 3.81. The minimum atomic E-state index is 0.0959. The number of nitrogens with zero attached hydrogens (tertiary/aromatic N) is 2. The third-order valence-electron chi connectivity index (χ3n) is 3.81. The van der Waals surface area contributed by atoms with Crippen LogP contribution in [0.25, 0.3) is 0 Å². The Balaban J connectivity index is 1.63. The van der Waals surface area contributed by atoms with Crippen LogP contribution >= 0.6 is 0 Å². The number of carbonyl (C=O) groups is 1. The second-order valence-corrected chi connectivity index (χ2v) is 5.26. The summed E-state index contributed by atoms with van der Waals surface area (Å²) in [6.07, 6.45) is 1.10. The fourth-order valence-corrected chi connectivity index (χ4v) is 2.26. The van der Waals surface area contributed by atoms with Crippen LogP contribution in [0.3, 0.4) is 0 Å². The molecule has 0 spiro atoms. The van der Waals surface area contributed by atoms with Crippen molar-refractivity contribution in [2.24, 2.45) is 0 Å². The lowest BCUT2D eigenvalue weighted by Gasteiger charge is -2.30. The normalized spacial score (nSPS) is 13.9. The van der Waals surface area contributed by atoms with Crippen molar-refractivity contribution in [1.29, 1.82) is 0 Å². The van der Waals surface area contributed by atoms with Crippen molar-refractivity contribution < 1.29 is 14.1 Å². The zero-order chi connectivity index (χ0) is 14.8.